The first-order valence-corrected chi connectivity index (χ1v) is 15.8. The number of hydrogen-bond donors (Lipinski definition) is 2. The summed E-state index contributed by atoms with van der Waals surface area (Å²) in [4.78, 5) is 21.5. The molecule has 5 heterocycles. The van der Waals surface area contributed by atoms with Gasteiger partial charge in [0.1, 0.15) is 11.6 Å². The number of pyridine rings is 1. The zero-order chi connectivity index (χ0) is 31.0. The van der Waals surface area contributed by atoms with Crippen molar-refractivity contribution in [3.63, 3.8) is 0 Å². The highest BCUT2D eigenvalue weighted by Crippen LogP contribution is 2.59. The van der Waals surface area contributed by atoms with Crippen LogP contribution in [0.1, 0.15) is 62.7 Å². The van der Waals surface area contributed by atoms with Gasteiger partial charge < -0.3 is 19.7 Å². The summed E-state index contributed by atoms with van der Waals surface area (Å²) in [6.45, 7) is 6.38. The molecule has 2 aromatic heterocycles. The molecule has 1 saturated carbocycles. The van der Waals surface area contributed by atoms with Crippen molar-refractivity contribution < 1.29 is 27.4 Å². The number of ether oxygens (including phenoxy) is 2. The van der Waals surface area contributed by atoms with E-state index in [9.17, 15) is 18.0 Å². The Labute approximate surface area is 259 Å². The fraction of sp³-hybridized carbons (Fsp3) is 0.516. The maximum atomic E-state index is 13.6. The molecule has 0 radical (unpaired) electrons. The standard InChI is InChI=1S/C31H37F3N6O3S/c1-29(2)19-21-20-39(29)27-24(28(41)38-44-23-7-5-22(6-8-23)42-17-4-3-15-35-21)9-10-25(36-27)40-16-11-26(37-40)43-18-14-30(12-13-30)31(32,33)34/h5-11,16,21,35H,3-4,12-15,17-20H2,1-2H3,(H,38,41). The summed E-state index contributed by atoms with van der Waals surface area (Å²) in [6, 6.07) is 12.9. The lowest BCUT2D eigenvalue weighted by Crippen LogP contribution is -2.40. The quantitative estimate of drug-likeness (QED) is 0.335. The zero-order valence-corrected chi connectivity index (χ0v) is 25.6. The number of rotatable bonds is 5. The molecule has 44 heavy (non-hydrogen) atoms. The van der Waals surface area contributed by atoms with Gasteiger partial charge in [-0.2, -0.15) is 13.2 Å². The van der Waals surface area contributed by atoms with Gasteiger partial charge in [-0.15, -0.1) is 5.10 Å². The highest BCUT2D eigenvalue weighted by atomic mass is 32.2. The van der Waals surface area contributed by atoms with Crippen molar-refractivity contribution in [2.45, 2.75) is 75.0 Å². The molecule has 3 aliphatic heterocycles. The Balaban J connectivity index is 1.24. The van der Waals surface area contributed by atoms with Crippen molar-refractivity contribution in [3.8, 4) is 17.4 Å². The Hall–Kier alpha value is -3.45. The Kier molecular flexibility index (Phi) is 8.44. The molecule has 4 bridgehead atoms. The number of aromatic nitrogens is 3. The van der Waals surface area contributed by atoms with E-state index in [2.05, 4.69) is 33.9 Å². The summed E-state index contributed by atoms with van der Waals surface area (Å²) in [5.74, 6) is 1.75. The first-order chi connectivity index (χ1) is 21.0. The van der Waals surface area contributed by atoms with E-state index in [1.807, 2.05) is 24.3 Å². The molecule has 2 fully saturated rings. The lowest BCUT2D eigenvalue weighted by molar-refractivity contribution is -0.190. The molecule has 1 amide bonds. The van der Waals surface area contributed by atoms with Crippen molar-refractivity contribution in [2.24, 2.45) is 5.41 Å². The van der Waals surface area contributed by atoms with Gasteiger partial charge in [0, 0.05) is 35.3 Å². The van der Waals surface area contributed by atoms with E-state index in [1.165, 1.54) is 16.6 Å². The van der Waals surface area contributed by atoms with Crippen LogP contribution in [0, 0.1) is 5.41 Å². The van der Waals surface area contributed by atoms with E-state index < -0.39 is 11.6 Å². The third-order valence-corrected chi connectivity index (χ3v) is 9.48. The van der Waals surface area contributed by atoms with Gasteiger partial charge >= 0.3 is 6.18 Å². The van der Waals surface area contributed by atoms with Crippen LogP contribution in [0.5, 0.6) is 11.6 Å². The number of alkyl halides is 3. The predicted octanol–water partition coefficient (Wildman–Crippen LogP) is 5.94. The molecule has 2 N–H and O–H groups in total. The van der Waals surface area contributed by atoms with E-state index in [1.54, 1.807) is 24.4 Å². The third kappa shape index (κ3) is 6.63. The minimum absolute atomic E-state index is 0.0713. The molecular weight excluding hydrogens is 593 g/mol. The van der Waals surface area contributed by atoms with Crippen LogP contribution >= 0.6 is 11.9 Å². The first kappa shape index (κ1) is 30.6. The summed E-state index contributed by atoms with van der Waals surface area (Å²) in [5.41, 5.74) is -1.48. The topological polar surface area (TPSA) is 93.5 Å². The number of amides is 1. The highest BCUT2D eigenvalue weighted by molar-refractivity contribution is 7.98. The fourth-order valence-corrected chi connectivity index (χ4v) is 6.47. The number of nitrogens with zero attached hydrogens (tertiary/aromatic N) is 4. The number of anilines is 1. The number of carbonyl (C=O) groups excluding carboxylic acids is 1. The molecule has 1 aromatic carbocycles. The van der Waals surface area contributed by atoms with Crippen LogP contribution in [-0.2, 0) is 0 Å². The average Bonchev–Trinajstić information content (AvgIpc) is 3.54. The molecule has 7 rings (SSSR count). The van der Waals surface area contributed by atoms with Gasteiger partial charge in [-0.05, 0) is 107 Å². The number of carbonyl (C=O) groups is 1. The minimum atomic E-state index is -4.21. The first-order valence-electron chi connectivity index (χ1n) is 15.0. The van der Waals surface area contributed by atoms with Crippen molar-refractivity contribution >= 4 is 23.7 Å². The third-order valence-electron chi connectivity index (χ3n) is 8.68. The molecule has 0 spiro atoms. The van der Waals surface area contributed by atoms with E-state index in [0.29, 0.717) is 30.4 Å². The number of nitrogens with one attached hydrogen (secondary N) is 2. The van der Waals surface area contributed by atoms with Gasteiger partial charge in [0.2, 0.25) is 5.88 Å². The zero-order valence-electron chi connectivity index (χ0n) is 24.8. The van der Waals surface area contributed by atoms with Gasteiger partial charge in [0.05, 0.1) is 24.2 Å². The van der Waals surface area contributed by atoms with Gasteiger partial charge in [-0.25, -0.2) is 9.67 Å². The molecular formula is C31H37F3N6O3S. The van der Waals surface area contributed by atoms with Crippen molar-refractivity contribution in [1.29, 1.82) is 0 Å². The van der Waals surface area contributed by atoms with Crippen LogP contribution in [0.25, 0.3) is 5.82 Å². The number of hydrogen-bond acceptors (Lipinski definition) is 8. The van der Waals surface area contributed by atoms with Crippen LogP contribution in [0.2, 0.25) is 0 Å². The predicted molar refractivity (Wildman–Crippen MR) is 162 cm³/mol. The van der Waals surface area contributed by atoms with E-state index >= 15 is 0 Å². The van der Waals surface area contributed by atoms with Crippen LogP contribution in [0.3, 0.4) is 0 Å². The molecule has 1 aliphatic carbocycles. The maximum Gasteiger partial charge on any atom is 0.394 e. The van der Waals surface area contributed by atoms with E-state index in [0.717, 1.165) is 36.5 Å². The molecule has 3 aromatic rings. The van der Waals surface area contributed by atoms with Gasteiger partial charge in [0.25, 0.3) is 5.91 Å². The Bertz CT molecular complexity index is 1480. The average molecular weight is 631 g/mol. The normalized spacial score (nSPS) is 21.5. The summed E-state index contributed by atoms with van der Waals surface area (Å²) in [5, 5.41) is 8.09. The Morgan fingerprint density at radius 1 is 1.11 bits per heavy atom. The fourth-order valence-electron chi connectivity index (χ4n) is 5.88. The molecule has 1 atom stereocenters. The lowest BCUT2D eigenvalue weighted by atomic mass is 9.99. The Morgan fingerprint density at radius 2 is 1.91 bits per heavy atom. The van der Waals surface area contributed by atoms with Crippen molar-refractivity contribution in [2.75, 3.05) is 31.2 Å². The van der Waals surface area contributed by atoms with Crippen LogP contribution in [0.15, 0.2) is 53.6 Å². The smallest absolute Gasteiger partial charge is 0.394 e. The van der Waals surface area contributed by atoms with Gasteiger partial charge in [-0.1, -0.05) is 0 Å². The molecule has 1 unspecified atom stereocenters. The largest absolute Gasteiger partial charge is 0.494 e. The molecule has 4 aliphatic rings. The molecule has 13 heteroatoms. The van der Waals surface area contributed by atoms with Gasteiger partial charge in [-0.3, -0.25) is 9.52 Å². The van der Waals surface area contributed by atoms with Crippen LogP contribution < -0.4 is 24.4 Å². The summed E-state index contributed by atoms with van der Waals surface area (Å²) < 4.78 is 55.8. The lowest BCUT2D eigenvalue weighted by Gasteiger charge is -2.33. The number of benzene rings is 1. The van der Waals surface area contributed by atoms with E-state index in [-0.39, 0.29) is 49.2 Å². The molecule has 1 saturated heterocycles. The van der Waals surface area contributed by atoms with Crippen molar-refractivity contribution in [3.05, 3.63) is 54.2 Å². The SMILES string of the molecule is CC1(C)CC2CN1c1nc(-n3ccc(OCCC4(C(F)(F)F)CC4)n3)ccc1C(=O)NSc1ccc(cc1)OCCCCN2. The number of halogens is 3. The minimum Gasteiger partial charge on any atom is -0.494 e. The van der Waals surface area contributed by atoms with Gasteiger partial charge in [0.15, 0.2) is 5.82 Å². The molecule has 236 valence electrons. The molecule has 9 nitrogen and oxygen atoms in total. The second-order valence-electron chi connectivity index (χ2n) is 12.4. The maximum absolute atomic E-state index is 13.6. The number of fused-ring (bicyclic) bond motifs is 9. The highest BCUT2D eigenvalue weighted by Gasteiger charge is 2.62. The Morgan fingerprint density at radius 3 is 2.66 bits per heavy atom. The van der Waals surface area contributed by atoms with Crippen LogP contribution in [-0.4, -0.2) is 64.7 Å². The summed E-state index contributed by atoms with van der Waals surface area (Å²) in [7, 11) is 0. The van der Waals surface area contributed by atoms with Crippen LogP contribution in [0.4, 0.5) is 19.0 Å². The second-order valence-corrected chi connectivity index (χ2v) is 13.2. The summed E-state index contributed by atoms with van der Waals surface area (Å²) >= 11 is 1.22. The summed E-state index contributed by atoms with van der Waals surface area (Å²) in [6.07, 6.45) is 0.421. The van der Waals surface area contributed by atoms with Crippen molar-refractivity contribution in [1.82, 2.24) is 24.8 Å². The second kappa shape index (κ2) is 12.2. The monoisotopic (exact) mass is 630 g/mol. The van der Waals surface area contributed by atoms with E-state index in [4.69, 9.17) is 14.5 Å².